The van der Waals surface area contributed by atoms with E-state index in [0.29, 0.717) is 25.5 Å². The minimum Gasteiger partial charge on any atom is -0.381 e. The van der Waals surface area contributed by atoms with Gasteiger partial charge >= 0.3 is 0 Å². The van der Waals surface area contributed by atoms with Crippen LogP contribution >= 0.6 is 0 Å². The second-order valence-electron chi connectivity index (χ2n) is 5.14. The molecule has 0 saturated carbocycles. The van der Waals surface area contributed by atoms with Crippen molar-refractivity contribution in [3.05, 3.63) is 0 Å². The summed E-state index contributed by atoms with van der Waals surface area (Å²) in [5.41, 5.74) is 0. The van der Waals surface area contributed by atoms with Crippen LogP contribution in [0.3, 0.4) is 0 Å². The predicted molar refractivity (Wildman–Crippen MR) is 79.8 cm³/mol. The second-order valence-corrected chi connectivity index (χ2v) is 7.07. The summed E-state index contributed by atoms with van der Waals surface area (Å²) in [6.07, 6.45) is 2.45. The fraction of sp³-hybridized carbons (Fsp3) is 1.00. The van der Waals surface area contributed by atoms with Gasteiger partial charge in [0.1, 0.15) is 0 Å². The molecule has 0 saturated heterocycles. The number of ether oxygens (including phenoxy) is 1. The predicted octanol–water partition coefficient (Wildman–Crippen LogP) is 1.36. The monoisotopic (exact) mass is 294 g/mol. The standard InChI is InChI=1S/C13H30N2O3S/c1-4-7-14-8-6-11-19(16,17)15-9-5-10-18-12-13(2)3/h13-15H,4-12H2,1-3H3. The van der Waals surface area contributed by atoms with E-state index in [2.05, 4.69) is 30.8 Å². The lowest BCUT2D eigenvalue weighted by atomic mass is 10.2. The molecular weight excluding hydrogens is 264 g/mol. The fourth-order valence-electron chi connectivity index (χ4n) is 1.48. The van der Waals surface area contributed by atoms with Crippen LogP contribution in [0.25, 0.3) is 0 Å². The van der Waals surface area contributed by atoms with Gasteiger partial charge in [0.2, 0.25) is 10.0 Å². The molecule has 116 valence electrons. The lowest BCUT2D eigenvalue weighted by molar-refractivity contribution is 0.108. The summed E-state index contributed by atoms with van der Waals surface area (Å²) >= 11 is 0. The number of hydrogen-bond acceptors (Lipinski definition) is 4. The van der Waals surface area contributed by atoms with Crippen LogP contribution in [0.15, 0.2) is 0 Å². The van der Waals surface area contributed by atoms with Crippen molar-refractivity contribution < 1.29 is 13.2 Å². The van der Waals surface area contributed by atoms with Gasteiger partial charge in [-0.15, -0.1) is 0 Å². The molecule has 0 radical (unpaired) electrons. The Bertz CT molecular complexity index is 292. The Balaban J connectivity index is 3.46. The van der Waals surface area contributed by atoms with Gasteiger partial charge in [0, 0.05) is 19.8 Å². The normalized spacial score (nSPS) is 12.2. The molecule has 0 aliphatic carbocycles. The summed E-state index contributed by atoms with van der Waals surface area (Å²) in [5, 5.41) is 3.19. The summed E-state index contributed by atoms with van der Waals surface area (Å²) in [6, 6.07) is 0. The summed E-state index contributed by atoms with van der Waals surface area (Å²) in [6.45, 7) is 9.78. The minimum atomic E-state index is -3.12. The molecule has 19 heavy (non-hydrogen) atoms. The highest BCUT2D eigenvalue weighted by Gasteiger charge is 2.08. The van der Waals surface area contributed by atoms with Gasteiger partial charge in [0.05, 0.1) is 5.75 Å². The van der Waals surface area contributed by atoms with Crippen LogP contribution in [0.5, 0.6) is 0 Å². The Morgan fingerprint density at radius 3 is 2.47 bits per heavy atom. The molecule has 5 nitrogen and oxygen atoms in total. The van der Waals surface area contributed by atoms with Crippen LogP contribution in [-0.4, -0.2) is 47.0 Å². The summed E-state index contributed by atoms with van der Waals surface area (Å²) in [4.78, 5) is 0. The van der Waals surface area contributed by atoms with E-state index in [0.717, 1.165) is 32.5 Å². The summed E-state index contributed by atoms with van der Waals surface area (Å²) < 4.78 is 31.2. The summed E-state index contributed by atoms with van der Waals surface area (Å²) in [5.74, 6) is 0.712. The van der Waals surface area contributed by atoms with Crippen LogP contribution < -0.4 is 10.0 Å². The largest absolute Gasteiger partial charge is 0.381 e. The van der Waals surface area contributed by atoms with E-state index >= 15 is 0 Å². The Kier molecular flexibility index (Phi) is 11.5. The molecule has 0 aliphatic rings. The van der Waals surface area contributed by atoms with Gasteiger partial charge in [-0.25, -0.2) is 13.1 Å². The van der Waals surface area contributed by atoms with Crippen molar-refractivity contribution in [1.29, 1.82) is 0 Å². The molecule has 0 aromatic heterocycles. The van der Waals surface area contributed by atoms with Crippen LogP contribution in [0.2, 0.25) is 0 Å². The quantitative estimate of drug-likeness (QED) is 0.503. The molecule has 0 spiro atoms. The molecule has 0 aliphatic heterocycles. The van der Waals surface area contributed by atoms with E-state index in [1.807, 2.05) is 0 Å². The molecule has 0 aromatic carbocycles. The third-order valence-electron chi connectivity index (χ3n) is 2.43. The van der Waals surface area contributed by atoms with Crippen LogP contribution in [0.1, 0.15) is 40.0 Å². The van der Waals surface area contributed by atoms with Gasteiger partial charge < -0.3 is 10.1 Å². The van der Waals surface area contributed by atoms with Crippen molar-refractivity contribution >= 4 is 10.0 Å². The smallest absolute Gasteiger partial charge is 0.211 e. The topological polar surface area (TPSA) is 67.4 Å². The highest BCUT2D eigenvalue weighted by atomic mass is 32.2. The zero-order valence-electron chi connectivity index (χ0n) is 12.6. The molecule has 0 aromatic rings. The molecule has 2 N–H and O–H groups in total. The first-order valence-corrected chi connectivity index (χ1v) is 8.89. The first-order valence-electron chi connectivity index (χ1n) is 7.23. The highest BCUT2D eigenvalue weighted by Crippen LogP contribution is 1.94. The van der Waals surface area contributed by atoms with E-state index in [1.54, 1.807) is 0 Å². The zero-order chi connectivity index (χ0) is 14.6. The van der Waals surface area contributed by atoms with Crippen LogP contribution in [-0.2, 0) is 14.8 Å². The zero-order valence-corrected chi connectivity index (χ0v) is 13.4. The van der Waals surface area contributed by atoms with E-state index < -0.39 is 10.0 Å². The second kappa shape index (κ2) is 11.6. The number of hydrogen-bond donors (Lipinski definition) is 2. The Labute approximate surface area is 118 Å². The Morgan fingerprint density at radius 2 is 1.84 bits per heavy atom. The average molecular weight is 294 g/mol. The molecule has 0 heterocycles. The Morgan fingerprint density at radius 1 is 1.11 bits per heavy atom. The molecule has 6 heteroatoms. The van der Waals surface area contributed by atoms with Gasteiger partial charge in [-0.3, -0.25) is 0 Å². The first kappa shape index (κ1) is 18.8. The minimum absolute atomic E-state index is 0.191. The molecule has 0 amide bonds. The van der Waals surface area contributed by atoms with Gasteiger partial charge in [-0.2, -0.15) is 0 Å². The van der Waals surface area contributed by atoms with Crippen molar-refractivity contribution in [1.82, 2.24) is 10.0 Å². The van der Waals surface area contributed by atoms with E-state index in [-0.39, 0.29) is 5.75 Å². The lowest BCUT2D eigenvalue weighted by Gasteiger charge is -2.08. The van der Waals surface area contributed by atoms with Gasteiger partial charge in [-0.1, -0.05) is 20.8 Å². The first-order chi connectivity index (χ1) is 8.98. The van der Waals surface area contributed by atoms with E-state index in [9.17, 15) is 8.42 Å². The highest BCUT2D eigenvalue weighted by molar-refractivity contribution is 7.89. The van der Waals surface area contributed by atoms with Crippen molar-refractivity contribution in [2.24, 2.45) is 5.92 Å². The van der Waals surface area contributed by atoms with E-state index in [1.165, 1.54) is 0 Å². The maximum Gasteiger partial charge on any atom is 0.211 e. The Hall–Kier alpha value is -0.170. The summed E-state index contributed by atoms with van der Waals surface area (Å²) in [7, 11) is -3.12. The number of nitrogens with one attached hydrogen (secondary N) is 2. The third-order valence-corrected chi connectivity index (χ3v) is 3.90. The number of sulfonamides is 1. The third kappa shape index (κ3) is 14.1. The van der Waals surface area contributed by atoms with Crippen molar-refractivity contribution in [3.63, 3.8) is 0 Å². The molecule has 0 atom stereocenters. The maximum absolute atomic E-state index is 11.6. The van der Waals surface area contributed by atoms with Gasteiger partial charge in [-0.05, 0) is 38.3 Å². The maximum atomic E-state index is 11.6. The average Bonchev–Trinajstić information content (AvgIpc) is 2.33. The molecule has 0 fully saturated rings. The van der Waals surface area contributed by atoms with Crippen LogP contribution in [0, 0.1) is 5.92 Å². The van der Waals surface area contributed by atoms with Crippen LogP contribution in [0.4, 0.5) is 0 Å². The lowest BCUT2D eigenvalue weighted by Crippen LogP contribution is -2.29. The van der Waals surface area contributed by atoms with Crippen molar-refractivity contribution in [2.45, 2.75) is 40.0 Å². The number of rotatable bonds is 13. The molecule has 0 unspecified atom stereocenters. The van der Waals surface area contributed by atoms with Gasteiger partial charge in [0.25, 0.3) is 0 Å². The van der Waals surface area contributed by atoms with Crippen molar-refractivity contribution in [2.75, 3.05) is 38.6 Å². The molecular formula is C13H30N2O3S. The van der Waals surface area contributed by atoms with Gasteiger partial charge in [0.15, 0.2) is 0 Å². The molecule has 0 bridgehead atoms. The fourth-order valence-corrected chi connectivity index (χ4v) is 2.61. The van der Waals surface area contributed by atoms with E-state index in [4.69, 9.17) is 4.74 Å². The molecule has 0 rings (SSSR count). The van der Waals surface area contributed by atoms with Crippen molar-refractivity contribution in [3.8, 4) is 0 Å². The SMILES string of the molecule is CCCNCCCS(=O)(=O)NCCCOCC(C)C.